The van der Waals surface area contributed by atoms with Gasteiger partial charge in [0.25, 0.3) is 0 Å². The van der Waals surface area contributed by atoms with Crippen LogP contribution in [0.15, 0.2) is 42.6 Å². The van der Waals surface area contributed by atoms with Gasteiger partial charge in [-0.1, -0.05) is 53.0 Å². The van der Waals surface area contributed by atoms with Crippen molar-refractivity contribution in [3.05, 3.63) is 65.0 Å². The molecule has 0 saturated carbocycles. The molecule has 28 heavy (non-hydrogen) atoms. The fourth-order valence-corrected chi connectivity index (χ4v) is 5.61. The van der Waals surface area contributed by atoms with E-state index < -0.39 is 0 Å². The normalized spacial score (nSPS) is 20.9. The Morgan fingerprint density at radius 3 is 2.57 bits per heavy atom. The molecular formula is C24H32N3P. The Balaban J connectivity index is 1.64. The van der Waals surface area contributed by atoms with Gasteiger partial charge < -0.3 is 5.32 Å². The predicted octanol–water partition coefficient (Wildman–Crippen LogP) is 4.49. The molecule has 1 aromatic heterocycles. The number of rotatable bonds is 5. The number of benzene rings is 1. The maximum atomic E-state index is 4.84. The van der Waals surface area contributed by atoms with Crippen LogP contribution in [-0.2, 0) is 6.42 Å². The Labute approximate surface area is 171 Å². The van der Waals surface area contributed by atoms with E-state index in [1.54, 1.807) is 5.56 Å². The van der Waals surface area contributed by atoms with Crippen LogP contribution in [0.1, 0.15) is 61.4 Å². The van der Waals surface area contributed by atoms with Crippen molar-refractivity contribution in [2.75, 3.05) is 26.2 Å². The van der Waals surface area contributed by atoms with Crippen molar-refractivity contribution in [1.29, 1.82) is 0 Å². The number of hydrogen-bond donors (Lipinski definition) is 1. The molecule has 1 saturated heterocycles. The summed E-state index contributed by atoms with van der Waals surface area (Å²) in [5.41, 5.74) is 6.94. The summed E-state index contributed by atoms with van der Waals surface area (Å²) in [4.78, 5) is 7.13. The molecule has 1 aliphatic carbocycles. The van der Waals surface area contributed by atoms with Gasteiger partial charge in [-0.25, -0.2) is 0 Å². The first-order chi connectivity index (χ1) is 13.7. The smallest absolute Gasteiger partial charge is 0.0852 e. The molecule has 1 aliphatic heterocycles. The van der Waals surface area contributed by atoms with Gasteiger partial charge in [0.15, 0.2) is 0 Å². The van der Waals surface area contributed by atoms with E-state index in [1.165, 1.54) is 36.8 Å². The second kappa shape index (κ2) is 8.45. The number of fused-ring (bicyclic) bond motifs is 1. The summed E-state index contributed by atoms with van der Waals surface area (Å²) in [6.45, 7) is 8.61. The van der Waals surface area contributed by atoms with Gasteiger partial charge in [-0.3, -0.25) is 9.88 Å². The standard InChI is InChI=1S/C24H32N3P/c1-3-27(4-2)23(28)22-10-9-19(17-26-22)21-16-24(11-13-25-14-12-24)15-18-7-5-6-8-20(18)21/h5-10,17,21,25,28H,3-4,11-16H2,1-2H3. The van der Waals surface area contributed by atoms with Crippen LogP contribution in [0.3, 0.4) is 0 Å². The highest BCUT2D eigenvalue weighted by Gasteiger charge is 2.40. The van der Waals surface area contributed by atoms with Crippen molar-refractivity contribution < 1.29 is 0 Å². The van der Waals surface area contributed by atoms with Crippen LogP contribution in [0.4, 0.5) is 0 Å². The van der Waals surface area contributed by atoms with Crippen LogP contribution in [0.5, 0.6) is 0 Å². The van der Waals surface area contributed by atoms with Gasteiger partial charge in [-0.05, 0) is 66.9 Å². The zero-order valence-electron chi connectivity index (χ0n) is 17.2. The third kappa shape index (κ3) is 3.81. The minimum absolute atomic E-state index is 0.441. The van der Waals surface area contributed by atoms with Crippen molar-refractivity contribution in [3.63, 3.8) is 0 Å². The van der Waals surface area contributed by atoms with E-state index in [0.717, 1.165) is 37.3 Å². The molecule has 0 amide bonds. The molecule has 1 spiro atoms. The zero-order valence-corrected chi connectivity index (χ0v) is 18.2. The Kier molecular flexibility index (Phi) is 5.96. The van der Waals surface area contributed by atoms with E-state index in [2.05, 4.69) is 75.5 Å². The SMILES string of the molecule is CCN(CC)C(=P)c1ccc(C2CC3(CCNCC3)Cc3ccccc32)cn1. The molecule has 0 bridgehead atoms. The maximum Gasteiger partial charge on any atom is 0.0852 e. The average molecular weight is 394 g/mol. The van der Waals surface area contributed by atoms with Crippen LogP contribution < -0.4 is 5.32 Å². The van der Waals surface area contributed by atoms with E-state index in [4.69, 9.17) is 4.98 Å². The molecule has 2 heterocycles. The van der Waals surface area contributed by atoms with Crippen molar-refractivity contribution in [2.24, 2.45) is 5.41 Å². The first kappa shape index (κ1) is 19.8. The van der Waals surface area contributed by atoms with Gasteiger partial charge in [-0.2, -0.15) is 0 Å². The largest absolute Gasteiger partial charge is 0.317 e. The molecule has 1 fully saturated rings. The summed E-state index contributed by atoms with van der Waals surface area (Å²) < 4.78 is 0. The summed E-state index contributed by atoms with van der Waals surface area (Å²) in [6.07, 6.45) is 7.15. The summed E-state index contributed by atoms with van der Waals surface area (Å²) in [5.74, 6) is 0.455. The third-order valence-electron chi connectivity index (χ3n) is 6.81. The molecule has 1 unspecified atom stereocenters. The highest BCUT2D eigenvalue weighted by molar-refractivity contribution is 7.21. The number of hydrogen-bond acceptors (Lipinski definition) is 2. The second-order valence-corrected chi connectivity index (χ2v) is 8.85. The van der Waals surface area contributed by atoms with Gasteiger partial charge in [0.2, 0.25) is 0 Å². The quantitative estimate of drug-likeness (QED) is 0.759. The van der Waals surface area contributed by atoms with Crippen molar-refractivity contribution >= 4 is 14.3 Å². The first-order valence-electron chi connectivity index (χ1n) is 10.7. The van der Waals surface area contributed by atoms with Crippen LogP contribution in [0.25, 0.3) is 0 Å². The Morgan fingerprint density at radius 2 is 1.89 bits per heavy atom. The number of pyridine rings is 1. The molecule has 4 heteroatoms. The van der Waals surface area contributed by atoms with Crippen LogP contribution >= 0.6 is 8.86 Å². The third-order valence-corrected chi connectivity index (χ3v) is 7.38. The first-order valence-corrected chi connectivity index (χ1v) is 11.2. The topological polar surface area (TPSA) is 28.2 Å². The van der Waals surface area contributed by atoms with Crippen molar-refractivity contribution in [2.45, 2.75) is 45.4 Å². The fourth-order valence-electron chi connectivity index (χ4n) is 5.14. The number of nitrogens with one attached hydrogen (secondary N) is 1. The summed E-state index contributed by atoms with van der Waals surface area (Å²) in [7, 11) is 3.81. The van der Waals surface area contributed by atoms with E-state index >= 15 is 0 Å². The number of piperidine rings is 1. The van der Waals surface area contributed by atoms with Gasteiger partial charge in [-0.15, -0.1) is 0 Å². The average Bonchev–Trinajstić information content (AvgIpc) is 2.74. The molecule has 1 N–H and O–H groups in total. The molecule has 1 atom stereocenters. The second-order valence-electron chi connectivity index (χ2n) is 8.38. The lowest BCUT2D eigenvalue weighted by Gasteiger charge is -2.45. The lowest BCUT2D eigenvalue weighted by Crippen LogP contribution is -2.41. The molecule has 3 nitrogen and oxygen atoms in total. The van der Waals surface area contributed by atoms with Gasteiger partial charge >= 0.3 is 0 Å². The molecule has 0 radical (unpaired) electrons. The molecule has 1 aromatic carbocycles. The van der Waals surface area contributed by atoms with Gasteiger partial charge in [0.05, 0.1) is 11.1 Å². The lowest BCUT2D eigenvalue weighted by atomic mass is 9.62. The minimum atomic E-state index is 0.441. The molecule has 2 aromatic rings. The monoisotopic (exact) mass is 393 g/mol. The molecule has 4 rings (SSSR count). The van der Waals surface area contributed by atoms with Gasteiger partial charge in [0, 0.05) is 25.2 Å². The zero-order chi connectivity index (χ0) is 19.6. The summed E-state index contributed by atoms with van der Waals surface area (Å²) in [6, 6.07) is 13.6. The van der Waals surface area contributed by atoms with Crippen LogP contribution in [0.2, 0.25) is 0 Å². The fraction of sp³-hybridized carbons (Fsp3) is 0.500. The van der Waals surface area contributed by atoms with Crippen molar-refractivity contribution in [3.8, 4) is 0 Å². The molecule has 148 valence electrons. The summed E-state index contributed by atoms with van der Waals surface area (Å²) >= 11 is 0. The van der Waals surface area contributed by atoms with E-state index in [1.807, 2.05) is 0 Å². The van der Waals surface area contributed by atoms with E-state index in [-0.39, 0.29) is 0 Å². The Bertz CT molecular complexity index is 820. The lowest BCUT2D eigenvalue weighted by molar-refractivity contribution is 0.164. The van der Waals surface area contributed by atoms with Crippen molar-refractivity contribution in [1.82, 2.24) is 15.2 Å². The Hall–Kier alpha value is -1.54. The maximum absolute atomic E-state index is 4.84. The van der Waals surface area contributed by atoms with E-state index in [9.17, 15) is 0 Å². The summed E-state index contributed by atoms with van der Waals surface area (Å²) in [5, 5.41) is 3.55. The highest BCUT2D eigenvalue weighted by atomic mass is 31.0. The number of nitrogens with zero attached hydrogens (tertiary/aromatic N) is 2. The van der Waals surface area contributed by atoms with Crippen LogP contribution in [-0.4, -0.2) is 41.5 Å². The van der Waals surface area contributed by atoms with E-state index in [0.29, 0.717) is 11.3 Å². The Morgan fingerprint density at radius 1 is 1.14 bits per heavy atom. The van der Waals surface area contributed by atoms with Crippen LogP contribution in [0, 0.1) is 5.41 Å². The minimum Gasteiger partial charge on any atom is -0.317 e. The molecular weight excluding hydrogens is 361 g/mol. The molecule has 2 aliphatic rings. The highest BCUT2D eigenvalue weighted by Crippen LogP contribution is 2.49. The predicted molar refractivity (Wildman–Crippen MR) is 121 cm³/mol. The number of aromatic nitrogens is 1. The van der Waals surface area contributed by atoms with Gasteiger partial charge in [0.1, 0.15) is 0 Å².